The van der Waals surface area contributed by atoms with Gasteiger partial charge in [-0.05, 0) is 59.4 Å². The maximum atomic E-state index is 12.6. The van der Waals surface area contributed by atoms with Crippen LogP contribution in [0.15, 0.2) is 194 Å². The number of benzene rings is 6. The van der Waals surface area contributed by atoms with E-state index in [-0.39, 0.29) is 67.1 Å². The summed E-state index contributed by atoms with van der Waals surface area (Å²) in [6, 6.07) is 50.0. The van der Waals surface area contributed by atoms with E-state index < -0.39 is 23.1 Å². The second-order valence-corrected chi connectivity index (χ2v) is 12.4. The van der Waals surface area contributed by atoms with Gasteiger partial charge in [0.25, 0.3) is 0 Å². The minimum absolute atomic E-state index is 0. The monoisotopic (exact) mass is 824 g/mol. The van der Waals surface area contributed by atoms with Crippen LogP contribution in [0.25, 0.3) is 11.5 Å². The van der Waals surface area contributed by atoms with Gasteiger partial charge >= 0.3 is 11.9 Å². The molecular formula is C48H40O10Ti-4. The third kappa shape index (κ3) is 14.3. The summed E-state index contributed by atoms with van der Waals surface area (Å²) >= 11 is 0. The summed E-state index contributed by atoms with van der Waals surface area (Å²) in [5.74, 6) is -3.69. The smallest absolute Gasteiger partial charge is 0.301 e. The number of carboxylic acid groups (broad SMARTS) is 2. The molecule has 6 aromatic carbocycles. The molecule has 0 aromatic heterocycles. The second-order valence-electron chi connectivity index (χ2n) is 12.4. The Bertz CT molecular complexity index is 2020. The molecule has 0 saturated carbocycles. The molecule has 300 valence electrons. The van der Waals surface area contributed by atoms with Gasteiger partial charge < -0.3 is 30.6 Å². The summed E-state index contributed by atoms with van der Waals surface area (Å²) in [4.78, 5) is 43.7. The van der Waals surface area contributed by atoms with Crippen molar-refractivity contribution >= 4 is 35.0 Å². The SMILES string of the molecule is CC(=O)/C=C(\[O-])c1ccccc1.CC(=O)/C=C(\[O-])c1ccccc1.O=C(O)C([O-])(c1ccccc1)c1ccccc1.O=C(O)C([O-])(c1ccccc1)c1ccccc1.[Ti]. The van der Waals surface area contributed by atoms with Crippen LogP contribution >= 0.6 is 0 Å². The van der Waals surface area contributed by atoms with E-state index in [0.717, 1.165) is 12.2 Å². The van der Waals surface area contributed by atoms with Crippen LogP contribution in [0.1, 0.15) is 47.2 Å². The maximum Gasteiger partial charge on any atom is 0.301 e. The average molecular weight is 825 g/mol. The van der Waals surface area contributed by atoms with Crippen LogP contribution in [0.2, 0.25) is 0 Å². The molecular weight excluding hydrogens is 784 g/mol. The molecule has 0 aliphatic carbocycles. The Kier molecular flexibility index (Phi) is 19.9. The topological polar surface area (TPSA) is 201 Å². The van der Waals surface area contributed by atoms with E-state index >= 15 is 0 Å². The van der Waals surface area contributed by atoms with Crippen LogP contribution in [0, 0.1) is 0 Å². The van der Waals surface area contributed by atoms with Crippen molar-refractivity contribution in [3.05, 3.63) is 228 Å². The summed E-state index contributed by atoms with van der Waals surface area (Å²) in [5.41, 5.74) is -2.46. The summed E-state index contributed by atoms with van der Waals surface area (Å²) in [6.45, 7) is 2.72. The molecule has 0 bridgehead atoms. The number of carbonyl (C=O) groups excluding carboxylic acids is 2. The molecule has 10 nitrogen and oxygen atoms in total. The van der Waals surface area contributed by atoms with Gasteiger partial charge in [-0.25, -0.2) is 0 Å². The largest absolute Gasteiger partial charge is 0.872 e. The number of hydrogen-bond donors (Lipinski definition) is 2. The van der Waals surface area contributed by atoms with Crippen molar-refractivity contribution < 1.29 is 71.5 Å². The molecule has 0 fully saturated rings. The molecule has 0 aliphatic rings. The number of rotatable bonds is 10. The van der Waals surface area contributed by atoms with E-state index in [9.17, 15) is 49.8 Å². The van der Waals surface area contributed by atoms with Gasteiger partial charge in [-0.2, -0.15) is 0 Å². The Balaban J connectivity index is 0.000000274. The van der Waals surface area contributed by atoms with E-state index in [1.54, 1.807) is 121 Å². The predicted octanol–water partition coefficient (Wildman–Crippen LogP) is 4.70. The molecule has 11 heteroatoms. The minimum Gasteiger partial charge on any atom is -0.872 e. The van der Waals surface area contributed by atoms with Crippen LogP contribution in [0.5, 0.6) is 0 Å². The molecule has 59 heavy (non-hydrogen) atoms. The fraction of sp³-hybridized carbons (Fsp3) is 0.0833. The quantitative estimate of drug-likeness (QED) is 0.111. The zero-order chi connectivity index (χ0) is 42.6. The van der Waals surface area contributed by atoms with Crippen molar-refractivity contribution in [1.82, 2.24) is 0 Å². The third-order valence-electron chi connectivity index (χ3n) is 8.11. The number of aliphatic carboxylic acids is 2. The molecule has 2 N–H and O–H groups in total. The maximum absolute atomic E-state index is 12.6. The standard InChI is InChI=1S/2C14H11O3.2C10H10O2.Ti/c2*15-13(16)14(17,11-7-3-1-4-8-11)12-9-5-2-6-10-12;2*1-8(11)7-10(12)9-5-3-2-4-6-9;/h2*1-10H,(H,15,16);2*2-7,12H,1H3;/q2*-1;;;/p-2/b;;2*10-7-;. The van der Waals surface area contributed by atoms with Crippen molar-refractivity contribution in [2.45, 2.75) is 25.0 Å². The first kappa shape index (κ1) is 48.5. The van der Waals surface area contributed by atoms with Crippen LogP contribution < -0.4 is 20.4 Å². The molecule has 0 aliphatic heterocycles. The third-order valence-corrected chi connectivity index (χ3v) is 8.11. The molecule has 0 saturated heterocycles. The number of carboxylic acids is 2. The van der Waals surface area contributed by atoms with Crippen molar-refractivity contribution in [2.75, 3.05) is 0 Å². The molecule has 0 heterocycles. The van der Waals surface area contributed by atoms with Crippen LogP contribution in [-0.2, 0) is 52.1 Å². The van der Waals surface area contributed by atoms with E-state index in [0.29, 0.717) is 11.1 Å². The zero-order valence-electron chi connectivity index (χ0n) is 32.1. The summed E-state index contributed by atoms with van der Waals surface area (Å²) < 4.78 is 0. The van der Waals surface area contributed by atoms with Gasteiger partial charge in [0.05, 0.1) is 0 Å². The van der Waals surface area contributed by atoms with Crippen molar-refractivity contribution in [2.24, 2.45) is 0 Å². The van der Waals surface area contributed by atoms with Gasteiger partial charge in [0, 0.05) is 32.9 Å². The Morgan fingerprint density at radius 3 is 0.763 bits per heavy atom. The van der Waals surface area contributed by atoms with E-state index in [1.165, 1.54) is 62.4 Å². The van der Waals surface area contributed by atoms with Gasteiger partial charge in [-0.1, -0.05) is 194 Å². The summed E-state index contributed by atoms with van der Waals surface area (Å²) in [7, 11) is 0. The zero-order valence-corrected chi connectivity index (χ0v) is 33.7. The van der Waals surface area contributed by atoms with Crippen LogP contribution in [0.3, 0.4) is 0 Å². The molecule has 6 rings (SSSR count). The number of ketones is 2. The van der Waals surface area contributed by atoms with Crippen molar-refractivity contribution in [3.63, 3.8) is 0 Å². The summed E-state index contributed by atoms with van der Waals surface area (Å²) in [6.07, 6.45) is 2.19. The van der Waals surface area contributed by atoms with Gasteiger partial charge in [-0.15, -0.1) is 0 Å². The van der Waals surface area contributed by atoms with Crippen molar-refractivity contribution in [1.29, 1.82) is 0 Å². The van der Waals surface area contributed by atoms with Gasteiger partial charge in [0.15, 0.2) is 11.6 Å². The van der Waals surface area contributed by atoms with Gasteiger partial charge in [0.2, 0.25) is 0 Å². The first-order valence-electron chi connectivity index (χ1n) is 17.7. The van der Waals surface area contributed by atoms with Gasteiger partial charge in [-0.3, -0.25) is 19.2 Å². The van der Waals surface area contributed by atoms with Gasteiger partial charge in [0.1, 0.15) is 0 Å². The Labute approximate surface area is 357 Å². The molecule has 6 aromatic rings. The normalized spacial score (nSPS) is 11.0. The first-order valence-corrected chi connectivity index (χ1v) is 17.7. The molecule has 0 amide bonds. The fourth-order valence-corrected chi connectivity index (χ4v) is 5.26. The molecule has 0 atom stereocenters. The van der Waals surface area contributed by atoms with E-state index in [4.69, 9.17) is 0 Å². The summed E-state index contributed by atoms with van der Waals surface area (Å²) in [5, 5.41) is 66.0. The van der Waals surface area contributed by atoms with Crippen LogP contribution in [0.4, 0.5) is 0 Å². The van der Waals surface area contributed by atoms with E-state index in [1.807, 2.05) is 12.1 Å². The molecule has 0 radical (unpaired) electrons. The minimum atomic E-state index is -2.25. The van der Waals surface area contributed by atoms with E-state index in [2.05, 4.69) is 0 Å². The Morgan fingerprint density at radius 1 is 0.407 bits per heavy atom. The fourth-order valence-electron chi connectivity index (χ4n) is 5.26. The molecule has 0 unspecified atom stereocenters. The predicted molar refractivity (Wildman–Crippen MR) is 213 cm³/mol. The number of hydrogen-bond acceptors (Lipinski definition) is 8. The Hall–Kier alpha value is -6.69. The first-order chi connectivity index (χ1) is 27.7. The number of allylic oxidation sites excluding steroid dienone is 2. The Morgan fingerprint density at radius 2 is 0.593 bits per heavy atom. The van der Waals surface area contributed by atoms with Crippen LogP contribution in [-0.4, -0.2) is 33.7 Å². The number of carbonyl (C=O) groups is 4. The van der Waals surface area contributed by atoms with Crippen molar-refractivity contribution in [3.8, 4) is 0 Å². The molecule has 0 spiro atoms. The second kappa shape index (κ2) is 24.2. The average Bonchev–Trinajstić information content (AvgIpc) is 3.25.